The molecule has 2 aromatic rings. The summed E-state index contributed by atoms with van der Waals surface area (Å²) in [5.74, 6) is 2.44. The standard InChI is InChI=1S/C14H19ClN4S/c1-4-7-16-13-8-14(19-10(3)18-13)17-9(2)11-5-6-12(15)20-11/h5-6,8-9H,4,7H2,1-3H3,(H2,16,17,18,19). The van der Waals surface area contributed by atoms with Crippen LogP contribution in [-0.2, 0) is 0 Å². The topological polar surface area (TPSA) is 49.8 Å². The van der Waals surface area contributed by atoms with Gasteiger partial charge in [-0.3, -0.25) is 0 Å². The zero-order chi connectivity index (χ0) is 14.5. The highest BCUT2D eigenvalue weighted by molar-refractivity contribution is 7.16. The summed E-state index contributed by atoms with van der Waals surface area (Å²) in [6.45, 7) is 7.03. The second-order valence-electron chi connectivity index (χ2n) is 4.62. The Kier molecular flexibility index (Phi) is 5.20. The van der Waals surface area contributed by atoms with Crippen molar-refractivity contribution in [2.24, 2.45) is 0 Å². The lowest BCUT2D eigenvalue weighted by Gasteiger charge is -2.14. The van der Waals surface area contributed by atoms with Crippen LogP contribution in [0, 0.1) is 6.92 Å². The number of rotatable bonds is 6. The largest absolute Gasteiger partial charge is 0.370 e. The first-order valence-electron chi connectivity index (χ1n) is 6.70. The molecular formula is C14H19ClN4S. The molecule has 0 aliphatic carbocycles. The predicted molar refractivity (Wildman–Crippen MR) is 86.9 cm³/mol. The fraction of sp³-hybridized carbons (Fsp3) is 0.429. The molecule has 6 heteroatoms. The van der Waals surface area contributed by atoms with Gasteiger partial charge in [-0.25, -0.2) is 9.97 Å². The summed E-state index contributed by atoms with van der Waals surface area (Å²) in [6, 6.07) is 6.06. The zero-order valence-electron chi connectivity index (χ0n) is 11.9. The van der Waals surface area contributed by atoms with Gasteiger partial charge in [0.05, 0.1) is 10.4 Å². The van der Waals surface area contributed by atoms with E-state index >= 15 is 0 Å². The van der Waals surface area contributed by atoms with Gasteiger partial charge >= 0.3 is 0 Å². The van der Waals surface area contributed by atoms with Gasteiger partial charge in [0.25, 0.3) is 0 Å². The Labute approximate surface area is 128 Å². The molecule has 1 atom stereocenters. The van der Waals surface area contributed by atoms with Crippen LogP contribution in [0.15, 0.2) is 18.2 Å². The molecule has 0 saturated heterocycles. The van der Waals surface area contributed by atoms with Gasteiger partial charge in [-0.05, 0) is 32.4 Å². The van der Waals surface area contributed by atoms with E-state index in [-0.39, 0.29) is 6.04 Å². The van der Waals surface area contributed by atoms with Crippen molar-refractivity contribution in [1.82, 2.24) is 9.97 Å². The lowest BCUT2D eigenvalue weighted by atomic mass is 10.3. The molecule has 2 heterocycles. The lowest BCUT2D eigenvalue weighted by Crippen LogP contribution is -2.10. The molecule has 1 unspecified atom stereocenters. The Balaban J connectivity index is 2.10. The van der Waals surface area contributed by atoms with Crippen LogP contribution in [0.3, 0.4) is 0 Å². The summed E-state index contributed by atoms with van der Waals surface area (Å²) >= 11 is 7.55. The number of hydrogen-bond acceptors (Lipinski definition) is 5. The monoisotopic (exact) mass is 310 g/mol. The van der Waals surface area contributed by atoms with Gasteiger partial charge in [0.1, 0.15) is 17.5 Å². The van der Waals surface area contributed by atoms with Crippen molar-refractivity contribution in [1.29, 1.82) is 0 Å². The smallest absolute Gasteiger partial charge is 0.132 e. The maximum absolute atomic E-state index is 5.97. The van der Waals surface area contributed by atoms with Gasteiger partial charge in [0.2, 0.25) is 0 Å². The number of halogens is 1. The fourth-order valence-corrected chi connectivity index (χ4v) is 2.90. The number of hydrogen-bond donors (Lipinski definition) is 2. The fourth-order valence-electron chi connectivity index (χ4n) is 1.84. The normalized spacial score (nSPS) is 12.2. The molecule has 108 valence electrons. The van der Waals surface area contributed by atoms with Gasteiger partial charge in [0.15, 0.2) is 0 Å². The van der Waals surface area contributed by atoms with E-state index < -0.39 is 0 Å². The minimum absolute atomic E-state index is 0.167. The van der Waals surface area contributed by atoms with Crippen molar-refractivity contribution in [3.8, 4) is 0 Å². The van der Waals surface area contributed by atoms with Crippen molar-refractivity contribution in [2.75, 3.05) is 17.2 Å². The average Bonchev–Trinajstić information content (AvgIpc) is 2.82. The molecule has 0 radical (unpaired) electrons. The molecule has 20 heavy (non-hydrogen) atoms. The number of nitrogens with zero attached hydrogens (tertiary/aromatic N) is 2. The van der Waals surface area contributed by atoms with E-state index in [2.05, 4.69) is 34.4 Å². The number of anilines is 2. The summed E-state index contributed by atoms with van der Waals surface area (Å²) in [4.78, 5) is 9.99. The minimum atomic E-state index is 0.167. The van der Waals surface area contributed by atoms with Crippen LogP contribution in [0.1, 0.15) is 37.0 Å². The first-order valence-corrected chi connectivity index (χ1v) is 7.89. The van der Waals surface area contributed by atoms with E-state index in [0.717, 1.165) is 34.8 Å². The summed E-state index contributed by atoms with van der Waals surface area (Å²) in [5, 5.41) is 6.67. The van der Waals surface area contributed by atoms with E-state index in [1.807, 2.05) is 25.1 Å². The van der Waals surface area contributed by atoms with Crippen LogP contribution in [0.4, 0.5) is 11.6 Å². The van der Waals surface area contributed by atoms with Gasteiger partial charge in [-0.15, -0.1) is 11.3 Å². The van der Waals surface area contributed by atoms with Crippen LogP contribution in [0.5, 0.6) is 0 Å². The summed E-state index contributed by atoms with van der Waals surface area (Å²) in [7, 11) is 0. The quantitative estimate of drug-likeness (QED) is 0.825. The zero-order valence-corrected chi connectivity index (χ0v) is 13.5. The Morgan fingerprint density at radius 3 is 2.70 bits per heavy atom. The van der Waals surface area contributed by atoms with Crippen LogP contribution in [0.25, 0.3) is 0 Å². The van der Waals surface area contributed by atoms with Crippen molar-refractivity contribution in [3.05, 3.63) is 33.2 Å². The molecule has 0 aliphatic heterocycles. The highest BCUT2D eigenvalue weighted by atomic mass is 35.5. The molecule has 0 aromatic carbocycles. The maximum atomic E-state index is 5.97. The number of nitrogens with one attached hydrogen (secondary N) is 2. The van der Waals surface area contributed by atoms with Crippen molar-refractivity contribution < 1.29 is 0 Å². The van der Waals surface area contributed by atoms with Crippen molar-refractivity contribution in [2.45, 2.75) is 33.2 Å². The third kappa shape index (κ3) is 4.08. The minimum Gasteiger partial charge on any atom is -0.370 e. The highest BCUT2D eigenvalue weighted by Gasteiger charge is 2.10. The van der Waals surface area contributed by atoms with Gasteiger partial charge in [-0.1, -0.05) is 18.5 Å². The number of aromatic nitrogens is 2. The molecule has 2 rings (SSSR count). The van der Waals surface area contributed by atoms with Gasteiger partial charge < -0.3 is 10.6 Å². The predicted octanol–water partition coefficient (Wildman–Crippen LogP) is 4.49. The average molecular weight is 311 g/mol. The molecule has 2 N–H and O–H groups in total. The Morgan fingerprint density at radius 2 is 2.05 bits per heavy atom. The molecule has 0 amide bonds. The Morgan fingerprint density at radius 1 is 1.30 bits per heavy atom. The number of thiophene rings is 1. The molecule has 2 aromatic heterocycles. The lowest BCUT2D eigenvalue weighted by molar-refractivity contribution is 0.884. The first kappa shape index (κ1) is 15.1. The Hall–Kier alpha value is -1.33. The summed E-state index contributed by atoms with van der Waals surface area (Å²) in [5.41, 5.74) is 0. The van der Waals surface area contributed by atoms with Crippen LogP contribution < -0.4 is 10.6 Å². The van der Waals surface area contributed by atoms with E-state index in [0.29, 0.717) is 0 Å². The first-order chi connectivity index (χ1) is 9.58. The van der Waals surface area contributed by atoms with Crippen LogP contribution in [-0.4, -0.2) is 16.5 Å². The highest BCUT2D eigenvalue weighted by Crippen LogP contribution is 2.28. The summed E-state index contributed by atoms with van der Waals surface area (Å²) in [6.07, 6.45) is 1.07. The maximum Gasteiger partial charge on any atom is 0.132 e. The Bertz CT molecular complexity index is 570. The molecule has 0 spiro atoms. The van der Waals surface area contributed by atoms with Gasteiger partial charge in [-0.2, -0.15) is 0 Å². The van der Waals surface area contributed by atoms with Gasteiger partial charge in [0, 0.05) is 17.5 Å². The number of aryl methyl sites for hydroxylation is 1. The second-order valence-corrected chi connectivity index (χ2v) is 6.37. The van der Waals surface area contributed by atoms with E-state index in [9.17, 15) is 0 Å². The molecule has 0 fully saturated rings. The molecule has 0 bridgehead atoms. The molecular weight excluding hydrogens is 292 g/mol. The SMILES string of the molecule is CCCNc1cc(NC(C)c2ccc(Cl)s2)nc(C)n1. The van der Waals surface area contributed by atoms with E-state index in [1.165, 1.54) is 4.88 Å². The third-order valence-corrected chi connectivity index (χ3v) is 4.19. The van der Waals surface area contributed by atoms with Crippen molar-refractivity contribution in [3.63, 3.8) is 0 Å². The third-order valence-electron chi connectivity index (χ3n) is 2.78. The molecule has 0 saturated carbocycles. The van der Waals surface area contributed by atoms with E-state index in [1.54, 1.807) is 11.3 Å². The molecule has 4 nitrogen and oxygen atoms in total. The molecule has 0 aliphatic rings. The van der Waals surface area contributed by atoms with Crippen LogP contribution in [0.2, 0.25) is 4.34 Å². The second kappa shape index (κ2) is 6.90. The van der Waals surface area contributed by atoms with E-state index in [4.69, 9.17) is 11.6 Å². The summed E-state index contributed by atoms with van der Waals surface area (Å²) < 4.78 is 0.804. The van der Waals surface area contributed by atoms with Crippen LogP contribution >= 0.6 is 22.9 Å². The van der Waals surface area contributed by atoms with Crippen molar-refractivity contribution >= 4 is 34.6 Å².